The number of hydrogen-bond acceptors (Lipinski definition) is 2. The molecule has 0 aliphatic heterocycles. The van der Waals surface area contributed by atoms with Gasteiger partial charge in [0.15, 0.2) is 0 Å². The molecule has 4 heteroatoms. The van der Waals surface area contributed by atoms with E-state index in [0.29, 0.717) is 6.42 Å². The van der Waals surface area contributed by atoms with E-state index >= 15 is 0 Å². The lowest BCUT2D eigenvalue weighted by molar-refractivity contribution is 0.104. The van der Waals surface area contributed by atoms with Crippen LogP contribution in [-0.2, 0) is 4.74 Å². The minimum atomic E-state index is -0.738. The van der Waals surface area contributed by atoms with Gasteiger partial charge in [0.1, 0.15) is 6.10 Å². The van der Waals surface area contributed by atoms with Gasteiger partial charge < -0.3 is 15.5 Å². The lowest BCUT2D eigenvalue weighted by Crippen LogP contribution is -2.16. The molecule has 1 atom stereocenters. The fraction of sp³-hybridized carbons (Fsp3) is 0.250. The standard InChI is InChI=1S/C12H14N2O2/c1-2-11(16-12(13)15)9-4-3-8-5-6-14-10(8)7-9/h3-7,11,14H,2H2,1H3,(H2,13,15). The van der Waals surface area contributed by atoms with Gasteiger partial charge in [-0.2, -0.15) is 0 Å². The van der Waals surface area contributed by atoms with Crippen LogP contribution in [0, 0.1) is 0 Å². The normalized spacial score (nSPS) is 12.6. The van der Waals surface area contributed by atoms with Crippen LogP contribution in [0.1, 0.15) is 25.0 Å². The van der Waals surface area contributed by atoms with Crippen LogP contribution in [0.15, 0.2) is 30.5 Å². The van der Waals surface area contributed by atoms with Crippen molar-refractivity contribution in [3.05, 3.63) is 36.0 Å². The van der Waals surface area contributed by atoms with Crippen LogP contribution in [0.25, 0.3) is 10.9 Å². The van der Waals surface area contributed by atoms with Crippen molar-refractivity contribution in [2.24, 2.45) is 5.73 Å². The SMILES string of the molecule is CCC(OC(N)=O)c1ccc2cc[nH]c2c1. The molecule has 0 fully saturated rings. The summed E-state index contributed by atoms with van der Waals surface area (Å²) in [4.78, 5) is 13.9. The van der Waals surface area contributed by atoms with E-state index in [9.17, 15) is 4.79 Å². The van der Waals surface area contributed by atoms with Crippen LogP contribution < -0.4 is 5.73 Å². The Hall–Kier alpha value is -1.97. The van der Waals surface area contributed by atoms with Crippen LogP contribution in [-0.4, -0.2) is 11.1 Å². The van der Waals surface area contributed by atoms with E-state index in [1.807, 2.05) is 37.4 Å². The largest absolute Gasteiger partial charge is 0.442 e. The zero-order valence-electron chi connectivity index (χ0n) is 9.07. The van der Waals surface area contributed by atoms with Crippen molar-refractivity contribution < 1.29 is 9.53 Å². The molecule has 0 saturated carbocycles. The molecule has 0 aliphatic rings. The first-order chi connectivity index (χ1) is 7.70. The maximum absolute atomic E-state index is 10.7. The highest BCUT2D eigenvalue weighted by Crippen LogP contribution is 2.24. The third kappa shape index (κ3) is 2.00. The van der Waals surface area contributed by atoms with Crippen molar-refractivity contribution in [3.63, 3.8) is 0 Å². The second-order valence-electron chi connectivity index (χ2n) is 3.66. The minimum Gasteiger partial charge on any atom is -0.442 e. The third-order valence-electron chi connectivity index (χ3n) is 2.58. The number of fused-ring (bicyclic) bond motifs is 1. The highest BCUT2D eigenvalue weighted by Gasteiger charge is 2.13. The predicted molar refractivity (Wildman–Crippen MR) is 62.0 cm³/mol. The summed E-state index contributed by atoms with van der Waals surface area (Å²) in [6.45, 7) is 1.95. The fourth-order valence-corrected chi connectivity index (χ4v) is 1.79. The highest BCUT2D eigenvalue weighted by atomic mass is 16.6. The summed E-state index contributed by atoms with van der Waals surface area (Å²) in [5.74, 6) is 0. The summed E-state index contributed by atoms with van der Waals surface area (Å²) >= 11 is 0. The molecule has 1 unspecified atom stereocenters. The highest BCUT2D eigenvalue weighted by molar-refractivity contribution is 5.80. The molecule has 1 amide bonds. The molecule has 1 aromatic heterocycles. The number of nitrogens with two attached hydrogens (primary N) is 1. The molecule has 3 N–H and O–H groups in total. The Morgan fingerprint density at radius 3 is 3.00 bits per heavy atom. The second-order valence-corrected chi connectivity index (χ2v) is 3.66. The molecule has 0 radical (unpaired) electrons. The monoisotopic (exact) mass is 218 g/mol. The Labute approximate surface area is 93.4 Å². The molecule has 0 bridgehead atoms. The molecular formula is C12H14N2O2. The fourth-order valence-electron chi connectivity index (χ4n) is 1.79. The van der Waals surface area contributed by atoms with Gasteiger partial charge in [0.2, 0.25) is 0 Å². The van der Waals surface area contributed by atoms with Crippen LogP contribution >= 0.6 is 0 Å². The number of rotatable bonds is 3. The lowest BCUT2D eigenvalue weighted by atomic mass is 10.1. The number of ether oxygens (including phenoxy) is 1. The van der Waals surface area contributed by atoms with Crippen LogP contribution in [0.3, 0.4) is 0 Å². The molecule has 0 saturated heterocycles. The Kier molecular flexibility index (Phi) is 2.81. The van der Waals surface area contributed by atoms with Crippen molar-refractivity contribution in [2.75, 3.05) is 0 Å². The van der Waals surface area contributed by atoms with Crippen molar-refractivity contribution in [2.45, 2.75) is 19.4 Å². The molecule has 84 valence electrons. The van der Waals surface area contributed by atoms with Gasteiger partial charge >= 0.3 is 6.09 Å². The molecule has 1 heterocycles. The average molecular weight is 218 g/mol. The number of carbonyl (C=O) groups excluding carboxylic acids is 1. The maximum atomic E-state index is 10.7. The number of amides is 1. The Balaban J connectivity index is 2.32. The quantitative estimate of drug-likeness (QED) is 0.831. The molecule has 4 nitrogen and oxygen atoms in total. The topological polar surface area (TPSA) is 68.1 Å². The lowest BCUT2D eigenvalue weighted by Gasteiger charge is -2.14. The predicted octanol–water partition coefficient (Wildman–Crippen LogP) is 2.71. The number of H-pyrrole nitrogens is 1. The Morgan fingerprint density at radius 1 is 1.50 bits per heavy atom. The first-order valence-corrected chi connectivity index (χ1v) is 5.24. The van der Waals surface area contributed by atoms with E-state index in [0.717, 1.165) is 16.5 Å². The van der Waals surface area contributed by atoms with Gasteiger partial charge in [-0.25, -0.2) is 4.79 Å². The first-order valence-electron chi connectivity index (χ1n) is 5.24. The van der Waals surface area contributed by atoms with Crippen molar-refractivity contribution in [1.29, 1.82) is 0 Å². The van der Waals surface area contributed by atoms with Gasteiger partial charge in [-0.15, -0.1) is 0 Å². The third-order valence-corrected chi connectivity index (χ3v) is 2.58. The summed E-state index contributed by atoms with van der Waals surface area (Å²) in [5, 5.41) is 1.14. The van der Waals surface area contributed by atoms with Gasteiger partial charge in [0, 0.05) is 11.7 Å². The molecule has 0 aliphatic carbocycles. The minimum absolute atomic E-state index is 0.273. The molecule has 2 aromatic rings. The first kappa shape index (κ1) is 10.5. The molecule has 0 spiro atoms. The number of hydrogen-bond donors (Lipinski definition) is 2. The molecule has 2 rings (SSSR count). The molecule has 16 heavy (non-hydrogen) atoms. The van der Waals surface area contributed by atoms with Gasteiger partial charge in [0.25, 0.3) is 0 Å². The second kappa shape index (κ2) is 4.26. The molecule has 1 aromatic carbocycles. The van der Waals surface area contributed by atoms with Crippen molar-refractivity contribution >= 4 is 17.0 Å². The average Bonchev–Trinajstić information content (AvgIpc) is 2.72. The van der Waals surface area contributed by atoms with E-state index in [1.54, 1.807) is 0 Å². The van der Waals surface area contributed by atoms with Crippen molar-refractivity contribution in [3.8, 4) is 0 Å². The number of nitrogens with one attached hydrogen (secondary N) is 1. The summed E-state index contributed by atoms with van der Waals surface area (Å²) < 4.78 is 5.04. The van der Waals surface area contributed by atoms with Gasteiger partial charge in [0.05, 0.1) is 0 Å². The van der Waals surface area contributed by atoms with Gasteiger partial charge in [-0.05, 0) is 29.5 Å². The van der Waals surface area contributed by atoms with E-state index in [4.69, 9.17) is 10.5 Å². The summed E-state index contributed by atoms with van der Waals surface area (Å²) in [6.07, 6.45) is 1.57. The zero-order chi connectivity index (χ0) is 11.5. The number of primary amides is 1. The number of aromatic amines is 1. The number of benzene rings is 1. The van der Waals surface area contributed by atoms with E-state index in [2.05, 4.69) is 4.98 Å². The summed E-state index contributed by atoms with van der Waals surface area (Å²) in [5.41, 5.74) is 7.02. The van der Waals surface area contributed by atoms with E-state index in [1.165, 1.54) is 0 Å². The van der Waals surface area contributed by atoms with Gasteiger partial charge in [-0.1, -0.05) is 19.1 Å². The van der Waals surface area contributed by atoms with E-state index < -0.39 is 6.09 Å². The maximum Gasteiger partial charge on any atom is 0.405 e. The van der Waals surface area contributed by atoms with E-state index in [-0.39, 0.29) is 6.10 Å². The number of carbonyl (C=O) groups is 1. The van der Waals surface area contributed by atoms with Gasteiger partial charge in [-0.3, -0.25) is 0 Å². The smallest absolute Gasteiger partial charge is 0.405 e. The Bertz CT molecular complexity index is 504. The summed E-state index contributed by atoms with van der Waals surface area (Å²) in [7, 11) is 0. The molecular weight excluding hydrogens is 204 g/mol. The van der Waals surface area contributed by atoms with Crippen LogP contribution in [0.4, 0.5) is 4.79 Å². The Morgan fingerprint density at radius 2 is 2.31 bits per heavy atom. The summed E-state index contributed by atoms with van der Waals surface area (Å²) in [6, 6.07) is 7.92. The van der Waals surface area contributed by atoms with Crippen LogP contribution in [0.5, 0.6) is 0 Å². The zero-order valence-corrected chi connectivity index (χ0v) is 9.07. The van der Waals surface area contributed by atoms with Crippen molar-refractivity contribution in [1.82, 2.24) is 4.98 Å². The number of aromatic nitrogens is 1. The van der Waals surface area contributed by atoms with Crippen LogP contribution in [0.2, 0.25) is 0 Å².